The summed E-state index contributed by atoms with van der Waals surface area (Å²) in [7, 11) is 0. The van der Waals surface area contributed by atoms with E-state index in [0.29, 0.717) is 18.8 Å². The first-order valence-corrected chi connectivity index (χ1v) is 6.00. The lowest BCUT2D eigenvalue weighted by atomic mass is 10.1. The number of rotatable bonds is 2. The van der Waals surface area contributed by atoms with Crippen molar-refractivity contribution in [2.75, 3.05) is 13.1 Å². The smallest absolute Gasteiger partial charge is 0.410 e. The highest BCUT2D eigenvalue weighted by atomic mass is 16.6. The topological polar surface area (TPSA) is 67.6 Å². The van der Waals surface area contributed by atoms with Crippen molar-refractivity contribution in [2.45, 2.75) is 39.0 Å². The SMILES string of the molecule is CC(C)(C)OC(=O)N1CC(n2cnc(CO)c2)C1. The predicted molar refractivity (Wildman–Crippen MR) is 65.0 cm³/mol. The van der Waals surface area contributed by atoms with Crippen LogP contribution in [0, 0.1) is 0 Å². The first-order valence-electron chi connectivity index (χ1n) is 6.00. The van der Waals surface area contributed by atoms with Gasteiger partial charge in [0.1, 0.15) is 5.60 Å². The van der Waals surface area contributed by atoms with Crippen molar-refractivity contribution in [3.05, 3.63) is 18.2 Å². The minimum Gasteiger partial charge on any atom is -0.444 e. The number of likely N-dealkylation sites (tertiary alicyclic amines) is 1. The molecule has 1 aromatic rings. The molecule has 2 rings (SSSR count). The third-order valence-corrected chi connectivity index (χ3v) is 2.75. The average Bonchev–Trinajstić information content (AvgIpc) is 2.60. The van der Waals surface area contributed by atoms with Crippen molar-refractivity contribution >= 4 is 6.09 Å². The zero-order valence-electron chi connectivity index (χ0n) is 11.0. The molecule has 18 heavy (non-hydrogen) atoms. The van der Waals surface area contributed by atoms with Crippen molar-refractivity contribution in [1.82, 2.24) is 14.5 Å². The Morgan fingerprint density at radius 2 is 2.22 bits per heavy atom. The van der Waals surface area contributed by atoms with Crippen LogP contribution in [0.25, 0.3) is 0 Å². The van der Waals surface area contributed by atoms with Gasteiger partial charge in [0.25, 0.3) is 0 Å². The monoisotopic (exact) mass is 253 g/mol. The van der Waals surface area contributed by atoms with Crippen LogP contribution in [0.1, 0.15) is 32.5 Å². The van der Waals surface area contributed by atoms with Crippen LogP contribution < -0.4 is 0 Å². The van der Waals surface area contributed by atoms with E-state index in [1.165, 1.54) is 0 Å². The number of amides is 1. The van der Waals surface area contributed by atoms with Crippen LogP contribution in [0.2, 0.25) is 0 Å². The summed E-state index contributed by atoms with van der Waals surface area (Å²) in [4.78, 5) is 17.4. The lowest BCUT2D eigenvalue weighted by Gasteiger charge is -2.40. The first-order chi connectivity index (χ1) is 8.39. The fraction of sp³-hybridized carbons (Fsp3) is 0.667. The summed E-state index contributed by atoms with van der Waals surface area (Å²) in [5.74, 6) is 0. The van der Waals surface area contributed by atoms with Gasteiger partial charge >= 0.3 is 6.09 Å². The van der Waals surface area contributed by atoms with Gasteiger partial charge in [0, 0.05) is 19.3 Å². The van der Waals surface area contributed by atoms with Crippen LogP contribution in [-0.2, 0) is 11.3 Å². The second-order valence-electron chi connectivity index (χ2n) is 5.51. The standard InChI is InChI=1S/C12H19N3O3/c1-12(2,3)18-11(17)14-5-10(6-14)15-4-9(7-16)13-8-15/h4,8,10,16H,5-7H2,1-3H3. The van der Waals surface area contributed by atoms with Crippen LogP contribution in [0.15, 0.2) is 12.5 Å². The summed E-state index contributed by atoms with van der Waals surface area (Å²) >= 11 is 0. The molecule has 1 aliphatic heterocycles. The van der Waals surface area contributed by atoms with E-state index in [0.717, 1.165) is 0 Å². The highest BCUT2D eigenvalue weighted by Gasteiger charge is 2.34. The van der Waals surface area contributed by atoms with Crippen LogP contribution >= 0.6 is 0 Å². The summed E-state index contributed by atoms with van der Waals surface area (Å²) in [5, 5.41) is 8.93. The minimum atomic E-state index is -0.457. The highest BCUT2D eigenvalue weighted by Crippen LogP contribution is 2.23. The van der Waals surface area contributed by atoms with Gasteiger partial charge in [-0.2, -0.15) is 0 Å². The van der Waals surface area contributed by atoms with Gasteiger partial charge in [-0.1, -0.05) is 0 Å². The van der Waals surface area contributed by atoms with Gasteiger partial charge in [-0.15, -0.1) is 0 Å². The zero-order chi connectivity index (χ0) is 13.3. The molecule has 6 heteroatoms. The Labute approximate surface area is 106 Å². The Morgan fingerprint density at radius 1 is 1.56 bits per heavy atom. The maximum atomic E-state index is 11.7. The minimum absolute atomic E-state index is 0.0600. The van der Waals surface area contributed by atoms with E-state index in [4.69, 9.17) is 9.84 Å². The molecule has 1 saturated heterocycles. The molecule has 0 bridgehead atoms. The van der Waals surface area contributed by atoms with E-state index in [2.05, 4.69) is 4.98 Å². The van der Waals surface area contributed by atoms with Crippen LogP contribution in [0.4, 0.5) is 4.79 Å². The molecule has 6 nitrogen and oxygen atoms in total. The average molecular weight is 253 g/mol. The van der Waals surface area contributed by atoms with Gasteiger partial charge in [0.2, 0.25) is 0 Å². The van der Waals surface area contributed by atoms with Gasteiger partial charge in [-0.05, 0) is 20.8 Å². The first kappa shape index (κ1) is 12.9. The number of aliphatic hydroxyl groups excluding tert-OH is 1. The maximum absolute atomic E-state index is 11.7. The van der Waals surface area contributed by atoms with Gasteiger partial charge < -0.3 is 19.3 Å². The lowest BCUT2D eigenvalue weighted by Crippen LogP contribution is -2.52. The molecular formula is C12H19N3O3. The van der Waals surface area contributed by atoms with Crippen molar-refractivity contribution in [1.29, 1.82) is 0 Å². The number of carbonyl (C=O) groups excluding carboxylic acids is 1. The Kier molecular flexibility index (Phi) is 3.30. The molecule has 0 radical (unpaired) electrons. The molecular weight excluding hydrogens is 234 g/mol. The largest absolute Gasteiger partial charge is 0.444 e. The van der Waals surface area contributed by atoms with Crippen LogP contribution in [-0.4, -0.2) is 44.3 Å². The molecule has 0 saturated carbocycles. The number of aromatic nitrogens is 2. The van der Waals surface area contributed by atoms with E-state index < -0.39 is 5.60 Å². The zero-order valence-corrected chi connectivity index (χ0v) is 11.0. The quantitative estimate of drug-likeness (QED) is 0.859. The van der Waals surface area contributed by atoms with Crippen molar-refractivity contribution in [2.24, 2.45) is 0 Å². The predicted octanol–water partition coefficient (Wildman–Crippen LogP) is 1.17. The van der Waals surface area contributed by atoms with E-state index in [1.54, 1.807) is 17.4 Å². The molecule has 0 spiro atoms. The van der Waals surface area contributed by atoms with E-state index in [1.807, 2.05) is 25.3 Å². The number of carbonyl (C=O) groups is 1. The molecule has 2 heterocycles. The molecule has 0 atom stereocenters. The Hall–Kier alpha value is -1.56. The molecule has 0 unspecified atom stereocenters. The van der Waals surface area contributed by atoms with Crippen LogP contribution in [0.3, 0.4) is 0 Å². The summed E-state index contributed by atoms with van der Waals surface area (Å²) in [6, 6.07) is 0.227. The molecule has 1 amide bonds. The van der Waals surface area contributed by atoms with Crippen LogP contribution in [0.5, 0.6) is 0 Å². The van der Waals surface area contributed by atoms with E-state index >= 15 is 0 Å². The van der Waals surface area contributed by atoms with Crippen molar-refractivity contribution < 1.29 is 14.6 Å². The summed E-state index contributed by atoms with van der Waals surface area (Å²) in [6.45, 7) is 6.74. The number of hydrogen-bond donors (Lipinski definition) is 1. The number of aliphatic hydroxyl groups is 1. The fourth-order valence-corrected chi connectivity index (χ4v) is 1.78. The van der Waals surface area contributed by atoms with E-state index in [9.17, 15) is 4.79 Å². The molecule has 100 valence electrons. The molecule has 1 fully saturated rings. The number of imidazole rings is 1. The van der Waals surface area contributed by atoms with Gasteiger partial charge in [-0.25, -0.2) is 9.78 Å². The lowest BCUT2D eigenvalue weighted by molar-refractivity contribution is 0.00104. The summed E-state index contributed by atoms with van der Waals surface area (Å²) < 4.78 is 7.20. The van der Waals surface area contributed by atoms with Gasteiger partial charge in [-0.3, -0.25) is 0 Å². The molecule has 0 aliphatic carbocycles. The fourth-order valence-electron chi connectivity index (χ4n) is 1.78. The Balaban J connectivity index is 1.85. The normalized spacial score (nSPS) is 16.6. The molecule has 0 aromatic carbocycles. The molecule has 1 aliphatic rings. The Morgan fingerprint density at radius 3 is 2.72 bits per heavy atom. The maximum Gasteiger partial charge on any atom is 0.410 e. The van der Waals surface area contributed by atoms with Gasteiger partial charge in [0.05, 0.1) is 24.7 Å². The van der Waals surface area contributed by atoms with Crippen molar-refractivity contribution in [3.63, 3.8) is 0 Å². The number of nitrogens with zero attached hydrogens (tertiary/aromatic N) is 3. The van der Waals surface area contributed by atoms with Gasteiger partial charge in [0.15, 0.2) is 0 Å². The third-order valence-electron chi connectivity index (χ3n) is 2.75. The molecule has 1 N–H and O–H groups in total. The Bertz CT molecular complexity index is 430. The molecule has 1 aromatic heterocycles. The van der Waals surface area contributed by atoms with E-state index in [-0.39, 0.29) is 18.7 Å². The highest BCUT2D eigenvalue weighted by molar-refractivity contribution is 5.69. The number of hydrogen-bond acceptors (Lipinski definition) is 4. The second-order valence-corrected chi connectivity index (χ2v) is 5.51. The number of ether oxygens (including phenoxy) is 1. The summed E-state index contributed by atoms with van der Waals surface area (Å²) in [5.41, 5.74) is 0.187. The third kappa shape index (κ3) is 2.81. The summed E-state index contributed by atoms with van der Waals surface area (Å²) in [6.07, 6.45) is 3.21. The van der Waals surface area contributed by atoms with Crippen molar-refractivity contribution in [3.8, 4) is 0 Å². The second kappa shape index (κ2) is 4.61.